The summed E-state index contributed by atoms with van der Waals surface area (Å²) in [6, 6.07) is 9.42. The van der Waals surface area contributed by atoms with Crippen LogP contribution in [0.2, 0.25) is 0 Å². The quantitative estimate of drug-likeness (QED) is 0.876. The van der Waals surface area contributed by atoms with Crippen molar-refractivity contribution in [2.24, 2.45) is 0 Å². The van der Waals surface area contributed by atoms with E-state index in [-0.39, 0.29) is 24.3 Å². The van der Waals surface area contributed by atoms with Crippen molar-refractivity contribution in [2.75, 3.05) is 25.5 Å². The molecule has 1 amide bonds. The Morgan fingerprint density at radius 2 is 1.92 bits per heavy atom. The fraction of sp³-hybridized carbons (Fsp3) is 0.368. The van der Waals surface area contributed by atoms with E-state index in [9.17, 15) is 14.3 Å². The lowest BCUT2D eigenvalue weighted by molar-refractivity contribution is 0.0602. The second-order valence-corrected chi connectivity index (χ2v) is 6.56. The van der Waals surface area contributed by atoms with Crippen molar-refractivity contribution >= 4 is 11.7 Å². The molecule has 5 nitrogen and oxygen atoms in total. The number of aromatic nitrogens is 1. The molecule has 1 atom stereocenters. The van der Waals surface area contributed by atoms with E-state index in [1.807, 2.05) is 19.0 Å². The molecule has 2 aromatic rings. The fourth-order valence-electron chi connectivity index (χ4n) is 2.70. The molecule has 25 heavy (non-hydrogen) atoms. The zero-order valence-electron chi connectivity index (χ0n) is 14.4. The van der Waals surface area contributed by atoms with E-state index in [0.717, 1.165) is 18.7 Å². The third kappa shape index (κ3) is 4.14. The maximum Gasteiger partial charge on any atom is 0.255 e. The zero-order chi connectivity index (χ0) is 18.0. The van der Waals surface area contributed by atoms with Gasteiger partial charge in [0.1, 0.15) is 11.6 Å². The average molecular weight is 343 g/mol. The van der Waals surface area contributed by atoms with Crippen molar-refractivity contribution in [2.45, 2.75) is 25.0 Å². The number of nitrogens with zero attached hydrogens (tertiary/aromatic N) is 3. The number of hydrogen-bond donors (Lipinski definition) is 1. The molecule has 132 valence electrons. The highest BCUT2D eigenvalue weighted by Crippen LogP contribution is 2.30. The molecule has 1 unspecified atom stereocenters. The summed E-state index contributed by atoms with van der Waals surface area (Å²) in [5, 5.41) is 10.4. The number of aliphatic hydroxyl groups is 1. The Labute approximate surface area is 146 Å². The van der Waals surface area contributed by atoms with Gasteiger partial charge in [-0.25, -0.2) is 9.37 Å². The summed E-state index contributed by atoms with van der Waals surface area (Å²) in [5.74, 6) is 0.292. The maximum atomic E-state index is 13.0. The van der Waals surface area contributed by atoms with Gasteiger partial charge in [-0.2, -0.15) is 0 Å². The minimum Gasteiger partial charge on any atom is -0.387 e. The molecule has 6 heteroatoms. The molecular weight excluding hydrogens is 321 g/mol. The Kier molecular flexibility index (Phi) is 4.99. The summed E-state index contributed by atoms with van der Waals surface area (Å²) in [6.07, 6.45) is 2.59. The fourth-order valence-corrected chi connectivity index (χ4v) is 2.70. The van der Waals surface area contributed by atoms with Gasteiger partial charge in [0, 0.05) is 26.3 Å². The minimum atomic E-state index is -0.848. The third-order valence-corrected chi connectivity index (χ3v) is 4.33. The zero-order valence-corrected chi connectivity index (χ0v) is 14.4. The number of benzene rings is 1. The van der Waals surface area contributed by atoms with Gasteiger partial charge in [0.05, 0.1) is 18.2 Å². The van der Waals surface area contributed by atoms with Gasteiger partial charge in [0.25, 0.3) is 5.91 Å². The largest absolute Gasteiger partial charge is 0.387 e. The highest BCUT2D eigenvalue weighted by molar-refractivity contribution is 5.94. The number of pyridine rings is 1. The van der Waals surface area contributed by atoms with Crippen LogP contribution in [0.4, 0.5) is 10.2 Å². The summed E-state index contributed by atoms with van der Waals surface area (Å²) in [6.45, 7) is 0.185. The van der Waals surface area contributed by atoms with E-state index in [1.54, 1.807) is 35.4 Å². The van der Waals surface area contributed by atoms with Crippen LogP contribution >= 0.6 is 0 Å². The van der Waals surface area contributed by atoms with E-state index in [4.69, 9.17) is 0 Å². The molecule has 0 spiro atoms. The Morgan fingerprint density at radius 1 is 1.24 bits per heavy atom. The van der Waals surface area contributed by atoms with Gasteiger partial charge in [-0.3, -0.25) is 4.79 Å². The topological polar surface area (TPSA) is 56.7 Å². The molecule has 1 saturated carbocycles. The Balaban J connectivity index is 1.74. The van der Waals surface area contributed by atoms with Crippen LogP contribution in [0.25, 0.3) is 0 Å². The van der Waals surface area contributed by atoms with Crippen LogP contribution in [0.15, 0.2) is 42.6 Å². The number of carbonyl (C=O) groups excluding carboxylic acids is 1. The molecule has 0 radical (unpaired) electrons. The van der Waals surface area contributed by atoms with Gasteiger partial charge in [0.15, 0.2) is 0 Å². The maximum absolute atomic E-state index is 13.0. The van der Waals surface area contributed by atoms with Crippen molar-refractivity contribution in [3.63, 3.8) is 0 Å². The number of anilines is 1. The normalized spacial score (nSPS) is 14.9. The summed E-state index contributed by atoms with van der Waals surface area (Å²) < 4.78 is 13.0. The molecule has 3 rings (SSSR count). The first-order chi connectivity index (χ1) is 12.0. The van der Waals surface area contributed by atoms with E-state index in [2.05, 4.69) is 4.98 Å². The van der Waals surface area contributed by atoms with Crippen LogP contribution in [0.5, 0.6) is 0 Å². The molecule has 1 aromatic heterocycles. The smallest absolute Gasteiger partial charge is 0.255 e. The molecule has 1 heterocycles. The van der Waals surface area contributed by atoms with Gasteiger partial charge >= 0.3 is 0 Å². The SMILES string of the molecule is CN(C)c1ccc(C(=O)N(CC(O)c2ccc(F)cc2)C2CC2)cn1. The number of rotatable bonds is 6. The van der Waals surface area contributed by atoms with Crippen LogP contribution in [-0.4, -0.2) is 47.6 Å². The van der Waals surface area contributed by atoms with Gasteiger partial charge in [0.2, 0.25) is 0 Å². The van der Waals surface area contributed by atoms with E-state index in [1.165, 1.54) is 12.1 Å². The number of hydrogen-bond acceptors (Lipinski definition) is 4. The molecule has 1 aliphatic carbocycles. The van der Waals surface area contributed by atoms with Gasteiger partial charge in [-0.05, 0) is 42.7 Å². The Morgan fingerprint density at radius 3 is 2.44 bits per heavy atom. The lowest BCUT2D eigenvalue weighted by atomic mass is 10.1. The number of carbonyl (C=O) groups is 1. The summed E-state index contributed by atoms with van der Waals surface area (Å²) in [7, 11) is 3.78. The third-order valence-electron chi connectivity index (χ3n) is 4.33. The monoisotopic (exact) mass is 343 g/mol. The molecule has 0 saturated heterocycles. The van der Waals surface area contributed by atoms with Crippen LogP contribution < -0.4 is 4.90 Å². The number of amides is 1. The summed E-state index contributed by atoms with van der Waals surface area (Å²) in [5.41, 5.74) is 1.10. The van der Waals surface area contributed by atoms with Crippen LogP contribution in [0.1, 0.15) is 34.9 Å². The molecule has 1 fully saturated rings. The van der Waals surface area contributed by atoms with Crippen molar-refractivity contribution in [1.82, 2.24) is 9.88 Å². The lowest BCUT2D eigenvalue weighted by Gasteiger charge is -2.25. The van der Waals surface area contributed by atoms with Crippen molar-refractivity contribution in [3.05, 3.63) is 59.5 Å². The standard InChI is InChI=1S/C19H22FN3O2/c1-22(2)18-10-5-14(11-21-18)19(25)23(16-8-9-16)12-17(24)13-3-6-15(20)7-4-13/h3-7,10-11,16-17,24H,8-9,12H2,1-2H3. The Bertz CT molecular complexity index is 727. The van der Waals surface area contributed by atoms with Gasteiger partial charge in [-0.15, -0.1) is 0 Å². The number of aliphatic hydroxyl groups excluding tert-OH is 1. The first-order valence-corrected chi connectivity index (χ1v) is 8.33. The summed E-state index contributed by atoms with van der Waals surface area (Å²) >= 11 is 0. The predicted octanol–water partition coefficient (Wildman–Crippen LogP) is 2.62. The Hall–Kier alpha value is -2.47. The molecule has 1 N–H and O–H groups in total. The first-order valence-electron chi connectivity index (χ1n) is 8.33. The lowest BCUT2D eigenvalue weighted by Crippen LogP contribution is -2.36. The molecule has 1 aromatic carbocycles. The minimum absolute atomic E-state index is 0.138. The second kappa shape index (κ2) is 7.19. The predicted molar refractivity (Wildman–Crippen MR) is 94.0 cm³/mol. The van der Waals surface area contributed by atoms with Gasteiger partial charge < -0.3 is 14.9 Å². The second-order valence-electron chi connectivity index (χ2n) is 6.56. The van der Waals surface area contributed by atoms with E-state index >= 15 is 0 Å². The van der Waals surface area contributed by atoms with Crippen molar-refractivity contribution < 1.29 is 14.3 Å². The highest BCUT2D eigenvalue weighted by Gasteiger charge is 2.34. The van der Waals surface area contributed by atoms with Crippen LogP contribution in [0, 0.1) is 5.82 Å². The highest BCUT2D eigenvalue weighted by atomic mass is 19.1. The van der Waals surface area contributed by atoms with E-state index < -0.39 is 6.10 Å². The summed E-state index contributed by atoms with van der Waals surface area (Å²) in [4.78, 5) is 20.7. The first kappa shape index (κ1) is 17.4. The number of halogens is 1. The van der Waals surface area contributed by atoms with E-state index in [0.29, 0.717) is 11.1 Å². The molecule has 0 bridgehead atoms. The van der Waals surface area contributed by atoms with Crippen molar-refractivity contribution in [3.8, 4) is 0 Å². The molecule has 1 aliphatic rings. The van der Waals surface area contributed by atoms with Crippen molar-refractivity contribution in [1.29, 1.82) is 0 Å². The van der Waals surface area contributed by atoms with Crippen LogP contribution in [0.3, 0.4) is 0 Å². The molecule has 0 aliphatic heterocycles. The van der Waals surface area contributed by atoms with Crippen LogP contribution in [-0.2, 0) is 0 Å². The van der Waals surface area contributed by atoms with Gasteiger partial charge in [-0.1, -0.05) is 12.1 Å². The average Bonchev–Trinajstić information content (AvgIpc) is 3.44. The molecular formula is C19H22FN3O2.